The zero-order chi connectivity index (χ0) is 22.6. The second kappa shape index (κ2) is 9.56. The molecule has 0 aliphatic carbocycles. The van der Waals surface area contributed by atoms with E-state index in [-0.39, 0.29) is 11.8 Å². The number of hydrogen-bond acceptors (Lipinski definition) is 4. The van der Waals surface area contributed by atoms with E-state index in [2.05, 4.69) is 10.2 Å². The van der Waals surface area contributed by atoms with Gasteiger partial charge in [-0.1, -0.05) is 12.1 Å². The monoisotopic (exact) mass is 441 g/mol. The average Bonchev–Trinajstić information content (AvgIpc) is 3.01. The number of alkyl halides is 3. The molecule has 9 heteroatoms. The van der Waals surface area contributed by atoms with Crippen molar-refractivity contribution in [2.24, 2.45) is 5.41 Å². The van der Waals surface area contributed by atoms with Crippen molar-refractivity contribution in [3.05, 3.63) is 35.4 Å². The SMILES string of the molecule is CCN1C(=O)C2(CCN(Cc3ccc(C(F)(F)F)cc3)CC2)CC1C(=O)NCCOC. The number of halogens is 3. The number of ether oxygens (including phenoxy) is 1. The molecule has 1 unspecified atom stereocenters. The molecule has 2 saturated heterocycles. The molecular formula is C22H30F3N3O3. The Morgan fingerprint density at radius 3 is 2.42 bits per heavy atom. The Kier molecular flexibility index (Phi) is 7.26. The minimum absolute atomic E-state index is 0.0380. The maximum atomic E-state index is 13.2. The first-order valence-corrected chi connectivity index (χ1v) is 10.7. The Hall–Kier alpha value is -2.13. The van der Waals surface area contributed by atoms with Crippen LogP contribution >= 0.6 is 0 Å². The molecule has 0 radical (unpaired) electrons. The quantitative estimate of drug-likeness (QED) is 0.661. The van der Waals surface area contributed by atoms with E-state index in [4.69, 9.17) is 4.74 Å². The third-order valence-electron chi connectivity index (χ3n) is 6.42. The van der Waals surface area contributed by atoms with Gasteiger partial charge in [-0.15, -0.1) is 0 Å². The highest BCUT2D eigenvalue weighted by Gasteiger charge is 2.53. The maximum Gasteiger partial charge on any atom is 0.416 e. The van der Waals surface area contributed by atoms with Crippen LogP contribution in [-0.4, -0.2) is 67.6 Å². The fourth-order valence-electron chi connectivity index (χ4n) is 4.62. The van der Waals surface area contributed by atoms with E-state index in [1.165, 1.54) is 12.1 Å². The number of piperidine rings is 1. The molecule has 3 rings (SSSR count). The maximum absolute atomic E-state index is 13.2. The summed E-state index contributed by atoms with van der Waals surface area (Å²) in [6.45, 7) is 5.07. The summed E-state index contributed by atoms with van der Waals surface area (Å²) >= 11 is 0. The molecule has 0 bridgehead atoms. The number of benzene rings is 1. The predicted molar refractivity (Wildman–Crippen MR) is 109 cm³/mol. The summed E-state index contributed by atoms with van der Waals surface area (Å²) in [7, 11) is 1.57. The molecule has 1 aromatic carbocycles. The summed E-state index contributed by atoms with van der Waals surface area (Å²) in [6.07, 6.45) is -2.54. The highest BCUT2D eigenvalue weighted by atomic mass is 19.4. The minimum atomic E-state index is -4.34. The van der Waals surface area contributed by atoms with Crippen LogP contribution < -0.4 is 5.32 Å². The number of nitrogens with zero attached hydrogens (tertiary/aromatic N) is 2. The van der Waals surface area contributed by atoms with Gasteiger partial charge in [0.05, 0.1) is 17.6 Å². The van der Waals surface area contributed by atoms with E-state index in [0.717, 1.165) is 17.7 Å². The van der Waals surface area contributed by atoms with Crippen LogP contribution in [0.5, 0.6) is 0 Å². The number of rotatable bonds is 7. The molecule has 6 nitrogen and oxygen atoms in total. The molecule has 0 aromatic heterocycles. The highest BCUT2D eigenvalue weighted by Crippen LogP contribution is 2.44. The number of likely N-dealkylation sites (N-methyl/N-ethyl adjacent to an activating group) is 1. The number of hydrogen-bond donors (Lipinski definition) is 1. The zero-order valence-electron chi connectivity index (χ0n) is 18.0. The van der Waals surface area contributed by atoms with Crippen LogP contribution in [0.3, 0.4) is 0 Å². The minimum Gasteiger partial charge on any atom is -0.383 e. The average molecular weight is 441 g/mol. The lowest BCUT2D eigenvalue weighted by Crippen LogP contribution is -2.46. The van der Waals surface area contributed by atoms with Gasteiger partial charge in [-0.2, -0.15) is 13.2 Å². The summed E-state index contributed by atoms with van der Waals surface area (Å²) < 4.78 is 43.2. The molecule has 2 heterocycles. The lowest BCUT2D eigenvalue weighted by atomic mass is 9.76. The zero-order valence-corrected chi connectivity index (χ0v) is 18.0. The summed E-state index contributed by atoms with van der Waals surface area (Å²) in [5.74, 6) is -0.104. The molecule has 1 aromatic rings. The number of carbonyl (C=O) groups is 2. The van der Waals surface area contributed by atoms with E-state index in [9.17, 15) is 22.8 Å². The third kappa shape index (κ3) is 5.20. The third-order valence-corrected chi connectivity index (χ3v) is 6.42. The molecule has 1 atom stereocenters. The molecule has 2 aliphatic heterocycles. The van der Waals surface area contributed by atoms with E-state index < -0.39 is 23.2 Å². The van der Waals surface area contributed by atoms with Gasteiger partial charge in [0.15, 0.2) is 0 Å². The molecule has 2 aliphatic rings. The van der Waals surface area contributed by atoms with Crippen molar-refractivity contribution in [2.45, 2.75) is 44.9 Å². The first-order valence-electron chi connectivity index (χ1n) is 10.7. The summed E-state index contributed by atoms with van der Waals surface area (Å²) in [6, 6.07) is 4.76. The number of methoxy groups -OCH3 is 1. The van der Waals surface area contributed by atoms with Crippen molar-refractivity contribution >= 4 is 11.8 Å². The topological polar surface area (TPSA) is 61.9 Å². The highest BCUT2D eigenvalue weighted by molar-refractivity contribution is 5.94. The molecule has 1 spiro atoms. The van der Waals surface area contributed by atoms with Crippen LogP contribution in [0, 0.1) is 5.41 Å². The number of likely N-dealkylation sites (tertiary alicyclic amines) is 2. The van der Waals surface area contributed by atoms with Crippen molar-refractivity contribution in [3.8, 4) is 0 Å². The molecule has 1 N–H and O–H groups in total. The van der Waals surface area contributed by atoms with Gasteiger partial charge in [0.1, 0.15) is 6.04 Å². The second-order valence-corrected chi connectivity index (χ2v) is 8.35. The van der Waals surface area contributed by atoms with E-state index in [1.807, 2.05) is 6.92 Å². The predicted octanol–water partition coefficient (Wildman–Crippen LogP) is 2.67. The molecule has 172 valence electrons. The Morgan fingerprint density at radius 1 is 1.23 bits per heavy atom. The smallest absolute Gasteiger partial charge is 0.383 e. The van der Waals surface area contributed by atoms with Crippen LogP contribution in [-0.2, 0) is 27.0 Å². The fraction of sp³-hybridized carbons (Fsp3) is 0.636. The Balaban J connectivity index is 1.59. The number of amides is 2. The van der Waals surface area contributed by atoms with Gasteiger partial charge in [-0.25, -0.2) is 0 Å². The van der Waals surface area contributed by atoms with E-state index >= 15 is 0 Å². The van der Waals surface area contributed by atoms with Gasteiger partial charge in [0.25, 0.3) is 0 Å². The molecule has 0 saturated carbocycles. The van der Waals surface area contributed by atoms with E-state index in [0.29, 0.717) is 58.6 Å². The van der Waals surface area contributed by atoms with Gasteiger partial charge in [-0.3, -0.25) is 14.5 Å². The van der Waals surface area contributed by atoms with Crippen molar-refractivity contribution in [1.29, 1.82) is 0 Å². The first kappa shape index (κ1) is 23.5. The largest absolute Gasteiger partial charge is 0.416 e. The normalized spacial score (nSPS) is 21.6. The Labute approximate surface area is 180 Å². The van der Waals surface area contributed by atoms with Gasteiger partial charge in [0, 0.05) is 26.7 Å². The standard InChI is InChI=1S/C22H30F3N3O3/c1-3-28-18(19(29)26-10-13-31-2)14-21(20(28)30)8-11-27(12-9-21)15-16-4-6-17(7-5-16)22(23,24)25/h4-7,18H,3,8-15H2,1-2H3,(H,26,29). The lowest BCUT2D eigenvalue weighted by Gasteiger charge is -2.37. The van der Waals surface area contributed by atoms with Crippen LogP contribution in [0.25, 0.3) is 0 Å². The van der Waals surface area contributed by atoms with Crippen molar-refractivity contribution in [3.63, 3.8) is 0 Å². The number of carbonyl (C=O) groups excluding carboxylic acids is 2. The van der Waals surface area contributed by atoms with Gasteiger partial charge < -0.3 is 15.0 Å². The lowest BCUT2D eigenvalue weighted by molar-refractivity contribution is -0.141. The molecule has 31 heavy (non-hydrogen) atoms. The summed E-state index contributed by atoms with van der Waals surface area (Å²) in [4.78, 5) is 29.6. The van der Waals surface area contributed by atoms with Crippen molar-refractivity contribution < 1.29 is 27.5 Å². The number of nitrogens with one attached hydrogen (secondary N) is 1. The second-order valence-electron chi connectivity index (χ2n) is 8.35. The molecule has 2 amide bonds. The van der Waals surface area contributed by atoms with Crippen LogP contribution in [0.2, 0.25) is 0 Å². The van der Waals surface area contributed by atoms with Gasteiger partial charge in [-0.05, 0) is 57.0 Å². The van der Waals surface area contributed by atoms with Crippen LogP contribution in [0.15, 0.2) is 24.3 Å². The summed E-state index contributed by atoms with van der Waals surface area (Å²) in [5, 5.41) is 2.84. The van der Waals surface area contributed by atoms with Crippen molar-refractivity contribution in [2.75, 3.05) is 39.9 Å². The van der Waals surface area contributed by atoms with Crippen LogP contribution in [0.1, 0.15) is 37.3 Å². The Morgan fingerprint density at radius 2 is 1.87 bits per heavy atom. The Bertz CT molecular complexity index is 774. The molecular weight excluding hydrogens is 411 g/mol. The first-order chi connectivity index (χ1) is 14.7. The van der Waals surface area contributed by atoms with E-state index in [1.54, 1.807) is 12.0 Å². The van der Waals surface area contributed by atoms with Gasteiger partial charge in [0.2, 0.25) is 11.8 Å². The summed E-state index contributed by atoms with van der Waals surface area (Å²) in [5.41, 5.74) is -0.372. The van der Waals surface area contributed by atoms with Gasteiger partial charge >= 0.3 is 6.18 Å². The van der Waals surface area contributed by atoms with Crippen LogP contribution in [0.4, 0.5) is 13.2 Å². The van der Waals surface area contributed by atoms with Crippen molar-refractivity contribution in [1.82, 2.24) is 15.1 Å². The molecule has 2 fully saturated rings. The fourth-order valence-corrected chi connectivity index (χ4v) is 4.62.